The van der Waals surface area contributed by atoms with Gasteiger partial charge in [-0.05, 0) is 43.0 Å². The summed E-state index contributed by atoms with van der Waals surface area (Å²) in [5.74, 6) is 2.18. The van der Waals surface area contributed by atoms with Crippen LogP contribution in [0.25, 0.3) is 0 Å². The minimum absolute atomic E-state index is 0.0123. The average molecular weight is 391 g/mol. The lowest BCUT2D eigenvalue weighted by molar-refractivity contribution is 0.392. The number of piperidine rings is 1. The first kappa shape index (κ1) is 19.3. The predicted octanol–water partition coefficient (Wildman–Crippen LogP) is 3.14. The van der Waals surface area contributed by atoms with Gasteiger partial charge in [-0.2, -0.15) is 0 Å². The molecule has 1 aromatic carbocycles. The Morgan fingerprint density at radius 1 is 1.19 bits per heavy atom. The summed E-state index contributed by atoms with van der Waals surface area (Å²) in [6, 6.07) is 8.21. The Balaban J connectivity index is 1.80. The minimum atomic E-state index is -3.84. The van der Waals surface area contributed by atoms with Crippen LogP contribution in [0.3, 0.4) is 0 Å². The number of benzene rings is 1. The first-order valence-corrected chi connectivity index (χ1v) is 10.4. The average Bonchev–Trinajstić information content (AvgIpc) is 2.67. The standard InChI is InChI=1S/C19H25N3O4S/c1-14-5-4-10-22(13-14)19-9-6-15(12-20-19)21-27(23,24)18-11-16(25-2)7-8-17(18)26-3/h6-9,11-12,14,21H,4-5,10,13H2,1-3H3. The van der Waals surface area contributed by atoms with Gasteiger partial charge in [-0.25, -0.2) is 13.4 Å². The molecule has 0 bridgehead atoms. The van der Waals surface area contributed by atoms with Gasteiger partial charge < -0.3 is 14.4 Å². The van der Waals surface area contributed by atoms with E-state index < -0.39 is 10.0 Å². The summed E-state index contributed by atoms with van der Waals surface area (Å²) >= 11 is 0. The normalized spacial score (nSPS) is 17.4. The summed E-state index contributed by atoms with van der Waals surface area (Å²) in [4.78, 5) is 6.68. The quantitative estimate of drug-likeness (QED) is 0.815. The van der Waals surface area contributed by atoms with E-state index in [1.54, 1.807) is 24.4 Å². The molecule has 0 saturated carbocycles. The third kappa shape index (κ3) is 4.44. The Morgan fingerprint density at radius 2 is 2.00 bits per heavy atom. The number of ether oxygens (including phenoxy) is 2. The van der Waals surface area contributed by atoms with E-state index in [2.05, 4.69) is 21.5 Å². The van der Waals surface area contributed by atoms with Crippen LogP contribution < -0.4 is 19.1 Å². The van der Waals surface area contributed by atoms with Crippen LogP contribution in [0.15, 0.2) is 41.4 Å². The monoisotopic (exact) mass is 391 g/mol. The van der Waals surface area contributed by atoms with Crippen LogP contribution in [0.4, 0.5) is 11.5 Å². The maximum Gasteiger partial charge on any atom is 0.265 e. The number of sulfonamides is 1. The molecule has 1 aromatic heterocycles. The lowest BCUT2D eigenvalue weighted by Gasteiger charge is -2.31. The molecule has 27 heavy (non-hydrogen) atoms. The molecular weight excluding hydrogens is 366 g/mol. The van der Waals surface area contributed by atoms with Crippen LogP contribution in [0.1, 0.15) is 19.8 Å². The van der Waals surface area contributed by atoms with E-state index in [9.17, 15) is 8.42 Å². The third-order valence-electron chi connectivity index (χ3n) is 4.64. The molecule has 7 nitrogen and oxygen atoms in total. The molecule has 1 aliphatic rings. The Labute approximate surface area is 160 Å². The van der Waals surface area contributed by atoms with Gasteiger partial charge >= 0.3 is 0 Å². The Bertz CT molecular complexity index is 884. The van der Waals surface area contributed by atoms with Crippen LogP contribution in [0.5, 0.6) is 11.5 Å². The van der Waals surface area contributed by atoms with Crippen LogP contribution in [-0.4, -0.2) is 40.7 Å². The summed E-state index contributed by atoms with van der Waals surface area (Å²) in [6.45, 7) is 4.18. The molecule has 0 radical (unpaired) electrons. The van der Waals surface area contributed by atoms with Gasteiger partial charge in [0.1, 0.15) is 22.2 Å². The number of hydrogen-bond donors (Lipinski definition) is 1. The number of methoxy groups -OCH3 is 2. The summed E-state index contributed by atoms with van der Waals surface area (Å²) in [6.07, 6.45) is 3.92. The van der Waals surface area contributed by atoms with Crippen molar-refractivity contribution in [3.05, 3.63) is 36.5 Å². The lowest BCUT2D eigenvalue weighted by Crippen LogP contribution is -2.34. The highest BCUT2D eigenvalue weighted by molar-refractivity contribution is 7.92. The number of anilines is 2. The molecule has 2 aromatic rings. The molecular formula is C19H25N3O4S. The van der Waals surface area contributed by atoms with Crippen LogP contribution in [0.2, 0.25) is 0 Å². The highest BCUT2D eigenvalue weighted by Crippen LogP contribution is 2.30. The summed E-state index contributed by atoms with van der Waals surface area (Å²) in [5, 5.41) is 0. The number of hydrogen-bond acceptors (Lipinski definition) is 6. The molecule has 2 heterocycles. The van der Waals surface area contributed by atoms with Crippen molar-refractivity contribution in [2.45, 2.75) is 24.7 Å². The van der Waals surface area contributed by atoms with Crippen molar-refractivity contribution in [3.63, 3.8) is 0 Å². The zero-order valence-corrected chi connectivity index (χ0v) is 16.6. The maximum absolute atomic E-state index is 12.8. The Kier molecular flexibility index (Phi) is 5.74. The Hall–Kier alpha value is -2.48. The van der Waals surface area contributed by atoms with E-state index in [0.717, 1.165) is 25.3 Å². The highest BCUT2D eigenvalue weighted by Gasteiger charge is 2.22. The van der Waals surface area contributed by atoms with Crippen molar-refractivity contribution in [2.24, 2.45) is 5.92 Å². The number of rotatable bonds is 6. The molecule has 1 N–H and O–H groups in total. The fourth-order valence-electron chi connectivity index (χ4n) is 3.24. The second kappa shape index (κ2) is 8.04. The first-order valence-electron chi connectivity index (χ1n) is 8.89. The summed E-state index contributed by atoms with van der Waals surface area (Å²) < 4.78 is 38.4. The van der Waals surface area contributed by atoms with Gasteiger partial charge in [-0.3, -0.25) is 4.72 Å². The summed E-state index contributed by atoms with van der Waals surface area (Å²) in [5.41, 5.74) is 0.397. The summed E-state index contributed by atoms with van der Waals surface area (Å²) in [7, 11) is -0.935. The van der Waals surface area contributed by atoms with E-state index in [-0.39, 0.29) is 10.6 Å². The van der Waals surface area contributed by atoms with E-state index in [0.29, 0.717) is 17.4 Å². The smallest absolute Gasteiger partial charge is 0.265 e. The lowest BCUT2D eigenvalue weighted by atomic mass is 10.0. The Morgan fingerprint density at radius 3 is 2.63 bits per heavy atom. The van der Waals surface area contributed by atoms with Crippen molar-refractivity contribution >= 4 is 21.5 Å². The van der Waals surface area contributed by atoms with Gasteiger partial charge in [0, 0.05) is 19.2 Å². The number of nitrogens with zero attached hydrogens (tertiary/aromatic N) is 2. The van der Waals surface area contributed by atoms with Gasteiger partial charge in [0.25, 0.3) is 10.0 Å². The van der Waals surface area contributed by atoms with E-state index in [1.807, 2.05) is 6.07 Å². The fraction of sp³-hybridized carbons (Fsp3) is 0.421. The topological polar surface area (TPSA) is 80.8 Å². The molecule has 1 fully saturated rings. The molecule has 8 heteroatoms. The molecule has 1 saturated heterocycles. The molecule has 0 spiro atoms. The zero-order valence-electron chi connectivity index (χ0n) is 15.8. The largest absolute Gasteiger partial charge is 0.497 e. The zero-order chi connectivity index (χ0) is 19.4. The van der Waals surface area contributed by atoms with Crippen molar-refractivity contribution in [3.8, 4) is 11.5 Å². The van der Waals surface area contributed by atoms with Gasteiger partial charge in [-0.1, -0.05) is 6.92 Å². The number of aromatic nitrogens is 1. The van der Waals surface area contributed by atoms with Crippen LogP contribution in [-0.2, 0) is 10.0 Å². The molecule has 0 aliphatic carbocycles. The third-order valence-corrected chi connectivity index (χ3v) is 6.04. The molecule has 3 rings (SSSR count). The van der Waals surface area contributed by atoms with E-state index in [1.165, 1.54) is 26.7 Å². The number of nitrogens with one attached hydrogen (secondary N) is 1. The van der Waals surface area contributed by atoms with Crippen LogP contribution in [0, 0.1) is 5.92 Å². The predicted molar refractivity (Wildman–Crippen MR) is 105 cm³/mol. The number of pyridine rings is 1. The molecule has 146 valence electrons. The second-order valence-electron chi connectivity index (χ2n) is 6.72. The van der Waals surface area contributed by atoms with Gasteiger partial charge in [0.15, 0.2) is 0 Å². The molecule has 1 aliphatic heterocycles. The van der Waals surface area contributed by atoms with E-state index in [4.69, 9.17) is 9.47 Å². The first-order chi connectivity index (χ1) is 12.9. The van der Waals surface area contributed by atoms with Crippen molar-refractivity contribution in [1.29, 1.82) is 0 Å². The second-order valence-corrected chi connectivity index (χ2v) is 8.37. The van der Waals surface area contributed by atoms with Gasteiger partial charge in [-0.15, -0.1) is 0 Å². The highest BCUT2D eigenvalue weighted by atomic mass is 32.2. The van der Waals surface area contributed by atoms with E-state index >= 15 is 0 Å². The van der Waals surface area contributed by atoms with Crippen molar-refractivity contribution < 1.29 is 17.9 Å². The van der Waals surface area contributed by atoms with Crippen LogP contribution >= 0.6 is 0 Å². The molecule has 0 amide bonds. The molecule has 1 atom stereocenters. The van der Waals surface area contributed by atoms with Crippen molar-refractivity contribution in [2.75, 3.05) is 36.9 Å². The van der Waals surface area contributed by atoms with Gasteiger partial charge in [0.05, 0.1) is 26.1 Å². The fourth-order valence-corrected chi connectivity index (χ4v) is 4.46. The minimum Gasteiger partial charge on any atom is -0.497 e. The van der Waals surface area contributed by atoms with Crippen molar-refractivity contribution in [1.82, 2.24) is 4.98 Å². The SMILES string of the molecule is COc1ccc(OC)c(S(=O)(=O)Nc2ccc(N3CCCC(C)C3)nc2)c1. The molecule has 1 unspecified atom stereocenters. The maximum atomic E-state index is 12.8. The van der Waals surface area contributed by atoms with Gasteiger partial charge in [0.2, 0.25) is 0 Å².